The third kappa shape index (κ3) is 4.53. The van der Waals surface area contributed by atoms with Crippen LogP contribution in [-0.2, 0) is 24.3 Å². The first-order valence-electron chi connectivity index (χ1n) is 8.91. The van der Waals surface area contributed by atoms with E-state index < -0.39 is 38.6 Å². The SMILES string of the molecule is O=C(CCNS(=O)(=O)c1c(F)cccc1F)N1CCC(N2C(=O)COC2=O)CC1. The summed E-state index contributed by atoms with van der Waals surface area (Å²) < 4.78 is 58.2. The lowest BCUT2D eigenvalue weighted by atomic mass is 10.0. The van der Waals surface area contributed by atoms with Crippen molar-refractivity contribution in [2.75, 3.05) is 26.2 Å². The second-order valence-corrected chi connectivity index (χ2v) is 8.33. The van der Waals surface area contributed by atoms with Crippen LogP contribution >= 0.6 is 0 Å². The molecule has 0 aliphatic carbocycles. The molecular weight excluding hydrogens is 412 g/mol. The van der Waals surface area contributed by atoms with Crippen molar-refractivity contribution in [1.82, 2.24) is 14.5 Å². The molecule has 1 aromatic carbocycles. The maximum Gasteiger partial charge on any atom is 0.417 e. The van der Waals surface area contributed by atoms with Crippen LogP contribution in [0, 0.1) is 11.6 Å². The number of rotatable bonds is 6. The highest BCUT2D eigenvalue weighted by Gasteiger charge is 2.39. The van der Waals surface area contributed by atoms with Gasteiger partial charge in [0.15, 0.2) is 11.5 Å². The first-order valence-corrected chi connectivity index (χ1v) is 10.4. The zero-order valence-corrected chi connectivity index (χ0v) is 16.1. The summed E-state index contributed by atoms with van der Waals surface area (Å²) in [6, 6.07) is 2.36. The highest BCUT2D eigenvalue weighted by molar-refractivity contribution is 7.89. The van der Waals surface area contributed by atoms with Crippen molar-refractivity contribution in [2.45, 2.75) is 30.2 Å². The van der Waals surface area contributed by atoms with E-state index in [1.165, 1.54) is 4.90 Å². The van der Waals surface area contributed by atoms with Crippen LogP contribution in [0.5, 0.6) is 0 Å². The minimum Gasteiger partial charge on any atom is -0.439 e. The van der Waals surface area contributed by atoms with E-state index in [1.54, 1.807) is 0 Å². The van der Waals surface area contributed by atoms with Crippen molar-refractivity contribution in [3.8, 4) is 0 Å². The number of nitrogens with one attached hydrogen (secondary N) is 1. The van der Waals surface area contributed by atoms with Crippen molar-refractivity contribution in [3.05, 3.63) is 29.8 Å². The number of hydrogen-bond donors (Lipinski definition) is 1. The van der Waals surface area contributed by atoms with Crippen LogP contribution in [0.3, 0.4) is 0 Å². The number of ether oxygens (including phenoxy) is 1. The Labute approximate surface area is 165 Å². The van der Waals surface area contributed by atoms with Gasteiger partial charge in [0.05, 0.1) is 0 Å². The number of imide groups is 1. The number of carbonyl (C=O) groups excluding carboxylic acids is 3. The number of sulfonamides is 1. The van der Waals surface area contributed by atoms with Crippen LogP contribution in [-0.4, -0.2) is 68.4 Å². The highest BCUT2D eigenvalue weighted by Crippen LogP contribution is 2.21. The lowest BCUT2D eigenvalue weighted by molar-refractivity contribution is -0.133. The standard InChI is InChI=1S/C17H19F2N3O6S/c18-12-2-1-3-13(19)16(12)29(26,27)20-7-4-14(23)21-8-5-11(6-9-21)22-15(24)10-28-17(22)25/h1-3,11,20H,4-10H2. The molecule has 9 nitrogen and oxygen atoms in total. The van der Waals surface area contributed by atoms with E-state index in [0.29, 0.717) is 12.8 Å². The molecule has 0 spiro atoms. The molecule has 0 bridgehead atoms. The number of hydrogen-bond acceptors (Lipinski definition) is 6. The molecule has 0 saturated carbocycles. The normalized spacial score (nSPS) is 18.3. The van der Waals surface area contributed by atoms with Gasteiger partial charge in [0.25, 0.3) is 5.91 Å². The van der Waals surface area contributed by atoms with Gasteiger partial charge in [-0.3, -0.25) is 9.59 Å². The Morgan fingerprint density at radius 1 is 1.17 bits per heavy atom. The minimum absolute atomic E-state index is 0.204. The topological polar surface area (TPSA) is 113 Å². The summed E-state index contributed by atoms with van der Waals surface area (Å²) in [5, 5.41) is 0. The van der Waals surface area contributed by atoms with Gasteiger partial charge in [-0.2, -0.15) is 0 Å². The second-order valence-electron chi connectivity index (χ2n) is 6.63. The third-order valence-corrected chi connectivity index (χ3v) is 6.30. The fraction of sp³-hybridized carbons (Fsp3) is 0.471. The van der Waals surface area contributed by atoms with Crippen LogP contribution in [0.4, 0.5) is 13.6 Å². The molecule has 29 heavy (non-hydrogen) atoms. The summed E-state index contributed by atoms with van der Waals surface area (Å²) in [6.45, 7) is -0.0307. The molecule has 0 radical (unpaired) electrons. The monoisotopic (exact) mass is 431 g/mol. The van der Waals surface area contributed by atoms with Crippen molar-refractivity contribution in [3.63, 3.8) is 0 Å². The van der Waals surface area contributed by atoms with E-state index in [2.05, 4.69) is 4.74 Å². The molecule has 158 valence electrons. The lowest BCUT2D eigenvalue weighted by Crippen LogP contribution is -2.48. The maximum atomic E-state index is 13.6. The van der Waals surface area contributed by atoms with E-state index in [4.69, 9.17) is 0 Å². The van der Waals surface area contributed by atoms with Gasteiger partial charge < -0.3 is 9.64 Å². The number of benzene rings is 1. The second kappa shape index (κ2) is 8.41. The Morgan fingerprint density at radius 2 is 1.79 bits per heavy atom. The lowest BCUT2D eigenvalue weighted by Gasteiger charge is -2.34. The molecule has 1 aromatic rings. The van der Waals surface area contributed by atoms with Crippen LogP contribution in [0.1, 0.15) is 19.3 Å². The van der Waals surface area contributed by atoms with Gasteiger partial charge in [-0.1, -0.05) is 6.07 Å². The molecule has 1 N–H and O–H groups in total. The first-order chi connectivity index (χ1) is 13.7. The van der Waals surface area contributed by atoms with E-state index in [-0.39, 0.29) is 44.6 Å². The van der Waals surface area contributed by atoms with Crippen molar-refractivity contribution in [2.24, 2.45) is 0 Å². The molecule has 3 rings (SSSR count). The summed E-state index contributed by atoms with van der Waals surface area (Å²) in [5.41, 5.74) is 0. The largest absolute Gasteiger partial charge is 0.439 e. The Hall–Kier alpha value is -2.60. The average molecular weight is 431 g/mol. The van der Waals surface area contributed by atoms with E-state index >= 15 is 0 Å². The molecule has 12 heteroatoms. The number of likely N-dealkylation sites (tertiary alicyclic amines) is 1. The fourth-order valence-electron chi connectivity index (χ4n) is 3.35. The van der Waals surface area contributed by atoms with Gasteiger partial charge in [0.1, 0.15) is 11.6 Å². The number of halogens is 2. The van der Waals surface area contributed by atoms with Crippen LogP contribution in [0.25, 0.3) is 0 Å². The quantitative estimate of drug-likeness (QED) is 0.706. The van der Waals surface area contributed by atoms with Crippen LogP contribution < -0.4 is 4.72 Å². The van der Waals surface area contributed by atoms with E-state index in [9.17, 15) is 31.6 Å². The molecule has 2 saturated heterocycles. The summed E-state index contributed by atoms with van der Waals surface area (Å²) >= 11 is 0. The minimum atomic E-state index is -4.45. The number of nitrogens with zero attached hydrogens (tertiary/aromatic N) is 2. The summed E-state index contributed by atoms with van der Waals surface area (Å²) in [4.78, 5) is 37.0. The molecule has 0 atom stereocenters. The predicted molar refractivity (Wildman–Crippen MR) is 94.0 cm³/mol. The molecular formula is C17H19F2N3O6S. The zero-order chi connectivity index (χ0) is 21.2. The van der Waals surface area contributed by atoms with Crippen LogP contribution in [0.2, 0.25) is 0 Å². The number of amides is 3. The van der Waals surface area contributed by atoms with Crippen molar-refractivity contribution < 1.29 is 36.3 Å². The van der Waals surface area contributed by atoms with Crippen molar-refractivity contribution >= 4 is 27.9 Å². The molecule has 2 heterocycles. The molecule has 2 fully saturated rings. The number of piperidine rings is 1. The highest BCUT2D eigenvalue weighted by atomic mass is 32.2. The summed E-state index contributed by atoms with van der Waals surface area (Å²) in [6.07, 6.45) is -0.114. The molecule has 3 amide bonds. The fourth-order valence-corrected chi connectivity index (χ4v) is 4.52. The third-order valence-electron chi connectivity index (χ3n) is 4.79. The van der Waals surface area contributed by atoms with Gasteiger partial charge in [-0.05, 0) is 25.0 Å². The molecule has 2 aliphatic rings. The first kappa shape index (κ1) is 21.1. The summed E-state index contributed by atoms with van der Waals surface area (Å²) in [7, 11) is -4.45. The predicted octanol–water partition coefficient (Wildman–Crippen LogP) is 0.603. The van der Waals surface area contributed by atoms with Crippen molar-refractivity contribution in [1.29, 1.82) is 0 Å². The maximum absolute atomic E-state index is 13.6. The van der Waals surface area contributed by atoms with Gasteiger partial charge >= 0.3 is 6.09 Å². The molecule has 0 aromatic heterocycles. The number of cyclic esters (lactones) is 1. The Kier molecular flexibility index (Phi) is 6.13. The Balaban J connectivity index is 1.49. The smallest absolute Gasteiger partial charge is 0.417 e. The number of carbonyl (C=O) groups is 3. The van der Waals surface area contributed by atoms with Crippen LogP contribution in [0.15, 0.2) is 23.1 Å². The van der Waals surface area contributed by atoms with E-state index in [1.807, 2.05) is 4.72 Å². The molecule has 0 unspecified atom stereocenters. The van der Waals surface area contributed by atoms with Gasteiger partial charge in [0.2, 0.25) is 15.9 Å². The Morgan fingerprint density at radius 3 is 2.34 bits per heavy atom. The zero-order valence-electron chi connectivity index (χ0n) is 15.3. The summed E-state index contributed by atoms with van der Waals surface area (Å²) in [5.74, 6) is -3.20. The van der Waals surface area contributed by atoms with Gasteiger partial charge in [0, 0.05) is 32.1 Å². The van der Waals surface area contributed by atoms with E-state index in [0.717, 1.165) is 23.1 Å². The van der Waals surface area contributed by atoms with Gasteiger partial charge in [-0.25, -0.2) is 31.6 Å². The Bertz CT molecular complexity index is 895. The average Bonchev–Trinajstić information content (AvgIpc) is 2.99. The molecule has 2 aliphatic heterocycles. The van der Waals surface area contributed by atoms with Gasteiger partial charge in [-0.15, -0.1) is 0 Å².